The summed E-state index contributed by atoms with van der Waals surface area (Å²) in [6, 6.07) is 20.3. The molecule has 0 saturated heterocycles. The summed E-state index contributed by atoms with van der Waals surface area (Å²) in [6.07, 6.45) is 0. The van der Waals surface area contributed by atoms with Crippen molar-refractivity contribution in [1.82, 2.24) is 14.8 Å². The molecule has 0 aliphatic heterocycles. The Hall–Kier alpha value is -3.93. The zero-order valence-corrected chi connectivity index (χ0v) is 15.1. The number of hydrogen-bond donors (Lipinski definition) is 2. The Kier molecular flexibility index (Phi) is 4.37. The Morgan fingerprint density at radius 1 is 0.821 bits per heavy atom. The Labute approximate surface area is 161 Å². The highest BCUT2D eigenvalue weighted by Gasteiger charge is 2.22. The Bertz CT molecular complexity index is 1160. The highest BCUT2D eigenvalue weighted by atomic mass is 16.3. The molecule has 0 bridgehead atoms. The summed E-state index contributed by atoms with van der Waals surface area (Å²) >= 11 is 0. The Balaban J connectivity index is 1.91. The van der Waals surface area contributed by atoms with E-state index >= 15 is 0 Å². The molecule has 28 heavy (non-hydrogen) atoms. The maximum atomic E-state index is 13.1. The van der Waals surface area contributed by atoms with Crippen LogP contribution in [0, 0.1) is 6.92 Å². The Morgan fingerprint density at radius 3 is 2.00 bits per heavy atom. The van der Waals surface area contributed by atoms with Gasteiger partial charge in [0.1, 0.15) is 11.5 Å². The molecular weight excluding hydrogens is 354 g/mol. The summed E-state index contributed by atoms with van der Waals surface area (Å²) in [5.74, 6) is -0.00544. The lowest BCUT2D eigenvalue weighted by atomic mass is 10.1. The van der Waals surface area contributed by atoms with Crippen molar-refractivity contribution in [3.63, 3.8) is 0 Å². The Morgan fingerprint density at radius 2 is 1.39 bits per heavy atom. The molecule has 0 unspecified atom stereocenters. The van der Waals surface area contributed by atoms with Gasteiger partial charge in [0.25, 0.3) is 5.91 Å². The number of nitrogens with zero attached hydrogens (tertiary/aromatic N) is 3. The summed E-state index contributed by atoms with van der Waals surface area (Å²) < 4.78 is 1.15. The minimum absolute atomic E-state index is 0.00580. The second-order valence-electron chi connectivity index (χ2n) is 6.38. The van der Waals surface area contributed by atoms with Crippen LogP contribution in [0.1, 0.15) is 15.9 Å². The number of benzene rings is 3. The first-order chi connectivity index (χ1) is 13.5. The number of rotatable bonds is 3. The number of para-hydroxylation sites is 2. The van der Waals surface area contributed by atoms with Gasteiger partial charge in [-0.25, -0.2) is 4.98 Å². The van der Waals surface area contributed by atoms with Gasteiger partial charge < -0.3 is 10.2 Å². The highest BCUT2D eigenvalue weighted by molar-refractivity contribution is 5.98. The van der Waals surface area contributed by atoms with Crippen LogP contribution >= 0.6 is 0 Å². The van der Waals surface area contributed by atoms with Crippen molar-refractivity contribution in [2.24, 2.45) is 0 Å². The first-order valence-electron chi connectivity index (χ1n) is 8.70. The summed E-state index contributed by atoms with van der Waals surface area (Å²) in [6.45, 7) is 1.94. The molecule has 0 atom stereocenters. The van der Waals surface area contributed by atoms with E-state index in [1.807, 2.05) is 19.1 Å². The predicted octanol–water partition coefficient (Wildman–Crippen LogP) is 4.02. The van der Waals surface area contributed by atoms with E-state index in [1.54, 1.807) is 48.5 Å². The van der Waals surface area contributed by atoms with Crippen molar-refractivity contribution >= 4 is 5.91 Å². The van der Waals surface area contributed by atoms with Gasteiger partial charge in [-0.1, -0.05) is 42.0 Å². The molecule has 0 amide bonds. The lowest BCUT2D eigenvalue weighted by Gasteiger charge is -2.06. The van der Waals surface area contributed by atoms with E-state index < -0.39 is 0 Å². The van der Waals surface area contributed by atoms with Crippen LogP contribution in [0.15, 0.2) is 72.8 Å². The molecule has 1 aromatic heterocycles. The van der Waals surface area contributed by atoms with Crippen molar-refractivity contribution in [3.05, 3.63) is 83.9 Å². The molecule has 1 heterocycles. The fourth-order valence-corrected chi connectivity index (χ4v) is 2.89. The van der Waals surface area contributed by atoms with Gasteiger partial charge in [-0.05, 0) is 43.3 Å². The molecule has 4 rings (SSSR count). The van der Waals surface area contributed by atoms with Crippen molar-refractivity contribution < 1.29 is 15.0 Å². The third kappa shape index (κ3) is 3.12. The summed E-state index contributed by atoms with van der Waals surface area (Å²) in [7, 11) is 0. The number of aromatic hydroxyl groups is 2. The van der Waals surface area contributed by atoms with E-state index in [-0.39, 0.29) is 29.1 Å². The van der Waals surface area contributed by atoms with E-state index in [0.717, 1.165) is 10.2 Å². The van der Waals surface area contributed by atoms with Crippen LogP contribution in [-0.2, 0) is 0 Å². The van der Waals surface area contributed by atoms with Crippen LogP contribution in [0.2, 0.25) is 0 Å². The van der Waals surface area contributed by atoms with Crippen LogP contribution in [0.25, 0.3) is 22.8 Å². The minimum Gasteiger partial charge on any atom is -0.507 e. The molecule has 2 N–H and O–H groups in total. The third-order valence-corrected chi connectivity index (χ3v) is 4.39. The monoisotopic (exact) mass is 371 g/mol. The fraction of sp³-hybridized carbons (Fsp3) is 0.0455. The van der Waals surface area contributed by atoms with E-state index in [4.69, 9.17) is 0 Å². The van der Waals surface area contributed by atoms with Crippen LogP contribution < -0.4 is 0 Å². The number of carbonyl (C=O) groups is 1. The van der Waals surface area contributed by atoms with Gasteiger partial charge in [-0.2, -0.15) is 4.68 Å². The quantitative estimate of drug-likeness (QED) is 0.568. The molecule has 6 heteroatoms. The van der Waals surface area contributed by atoms with Gasteiger partial charge in [-0.3, -0.25) is 4.79 Å². The molecule has 0 radical (unpaired) electrons. The van der Waals surface area contributed by atoms with Gasteiger partial charge in [0.2, 0.25) is 0 Å². The standard InChI is InChI=1S/C22H17N3O3/c1-14-10-12-15(13-11-14)22(28)25-21(17-7-3-5-9-19(17)27)23-20(24-25)16-6-2-4-8-18(16)26/h2-13,26-27H,1H3. The van der Waals surface area contributed by atoms with Crippen LogP contribution in [0.5, 0.6) is 11.5 Å². The summed E-state index contributed by atoms with van der Waals surface area (Å²) in [5, 5.41) is 24.8. The average molecular weight is 371 g/mol. The minimum atomic E-state index is -0.382. The number of aryl methyl sites for hydroxylation is 1. The van der Waals surface area contributed by atoms with E-state index in [9.17, 15) is 15.0 Å². The van der Waals surface area contributed by atoms with E-state index in [2.05, 4.69) is 10.1 Å². The molecule has 0 saturated carbocycles. The number of hydrogen-bond acceptors (Lipinski definition) is 5. The normalized spacial score (nSPS) is 10.8. The van der Waals surface area contributed by atoms with Gasteiger partial charge in [-0.15, -0.1) is 5.10 Å². The SMILES string of the molecule is Cc1ccc(C(=O)n2nc(-c3ccccc3O)nc2-c2ccccc2O)cc1. The zero-order chi connectivity index (χ0) is 19.7. The van der Waals surface area contributed by atoms with Crippen molar-refractivity contribution in [2.45, 2.75) is 6.92 Å². The lowest BCUT2D eigenvalue weighted by Crippen LogP contribution is -2.15. The van der Waals surface area contributed by atoms with Crippen LogP contribution in [0.4, 0.5) is 0 Å². The zero-order valence-electron chi connectivity index (χ0n) is 15.1. The van der Waals surface area contributed by atoms with Gasteiger partial charge in [0.05, 0.1) is 11.1 Å². The highest BCUT2D eigenvalue weighted by Crippen LogP contribution is 2.32. The van der Waals surface area contributed by atoms with Crippen molar-refractivity contribution in [3.8, 4) is 34.3 Å². The first-order valence-corrected chi connectivity index (χ1v) is 8.70. The number of carbonyl (C=O) groups excluding carboxylic acids is 1. The predicted molar refractivity (Wildman–Crippen MR) is 105 cm³/mol. The van der Waals surface area contributed by atoms with Crippen molar-refractivity contribution in [1.29, 1.82) is 0 Å². The van der Waals surface area contributed by atoms with E-state index in [1.165, 1.54) is 12.1 Å². The topological polar surface area (TPSA) is 88.2 Å². The summed E-state index contributed by atoms with van der Waals surface area (Å²) in [5.41, 5.74) is 2.24. The molecule has 3 aromatic carbocycles. The second-order valence-corrected chi connectivity index (χ2v) is 6.38. The molecule has 6 nitrogen and oxygen atoms in total. The van der Waals surface area contributed by atoms with Crippen LogP contribution in [-0.4, -0.2) is 30.9 Å². The molecule has 0 aliphatic carbocycles. The molecule has 138 valence electrons. The van der Waals surface area contributed by atoms with Crippen molar-refractivity contribution in [2.75, 3.05) is 0 Å². The fourth-order valence-electron chi connectivity index (χ4n) is 2.89. The number of phenolic OH excluding ortho intramolecular Hbond substituents is 2. The van der Waals surface area contributed by atoms with Crippen LogP contribution in [0.3, 0.4) is 0 Å². The molecule has 0 aliphatic rings. The molecular formula is C22H17N3O3. The maximum Gasteiger partial charge on any atom is 0.280 e. The third-order valence-electron chi connectivity index (χ3n) is 4.39. The molecule has 0 fully saturated rings. The van der Waals surface area contributed by atoms with Gasteiger partial charge in [0, 0.05) is 5.56 Å². The summed E-state index contributed by atoms with van der Waals surface area (Å²) in [4.78, 5) is 17.6. The number of phenols is 2. The number of aromatic nitrogens is 3. The second kappa shape index (κ2) is 7.00. The smallest absolute Gasteiger partial charge is 0.280 e. The maximum absolute atomic E-state index is 13.1. The average Bonchev–Trinajstić information content (AvgIpc) is 3.13. The van der Waals surface area contributed by atoms with Gasteiger partial charge in [0.15, 0.2) is 11.6 Å². The van der Waals surface area contributed by atoms with Gasteiger partial charge >= 0.3 is 0 Å². The molecule has 0 spiro atoms. The lowest BCUT2D eigenvalue weighted by molar-refractivity contribution is 0.0947. The van der Waals surface area contributed by atoms with E-state index in [0.29, 0.717) is 16.7 Å². The largest absolute Gasteiger partial charge is 0.507 e. The first kappa shape index (κ1) is 17.5. The molecule has 4 aromatic rings.